The molecule has 2 atom stereocenters. The van der Waals surface area contributed by atoms with Crippen LogP contribution in [0.25, 0.3) is 0 Å². The molecule has 23 heavy (non-hydrogen) atoms. The van der Waals surface area contributed by atoms with Gasteiger partial charge in [0.15, 0.2) is 5.76 Å². The Morgan fingerprint density at radius 3 is 3.04 bits per heavy atom. The SMILES string of the molecule is CS(=O)(=O)NCC[C@@]12CCO[C@@H]1CCN(C(=O)c1ccco1)C2. The predicted octanol–water partition coefficient (Wildman–Crippen LogP) is 0.840. The first kappa shape index (κ1) is 16.5. The highest BCUT2D eigenvalue weighted by Crippen LogP contribution is 2.43. The number of piperidine rings is 1. The summed E-state index contributed by atoms with van der Waals surface area (Å²) < 4.78 is 36.1. The summed E-state index contributed by atoms with van der Waals surface area (Å²) in [5.41, 5.74) is -0.182. The maximum atomic E-state index is 12.5. The van der Waals surface area contributed by atoms with Crippen molar-refractivity contribution < 1.29 is 22.4 Å². The number of furan rings is 1. The van der Waals surface area contributed by atoms with Crippen molar-refractivity contribution in [1.82, 2.24) is 9.62 Å². The third-order valence-electron chi connectivity index (χ3n) is 4.78. The Labute approximate surface area is 136 Å². The molecule has 3 heterocycles. The lowest BCUT2D eigenvalue weighted by atomic mass is 9.74. The number of sulfonamides is 1. The number of nitrogens with one attached hydrogen (secondary N) is 1. The molecule has 0 unspecified atom stereocenters. The molecule has 1 aromatic rings. The summed E-state index contributed by atoms with van der Waals surface area (Å²) in [6, 6.07) is 3.36. The zero-order chi connectivity index (χ0) is 16.5. The van der Waals surface area contributed by atoms with Crippen molar-refractivity contribution in [2.24, 2.45) is 5.41 Å². The summed E-state index contributed by atoms with van der Waals surface area (Å²) in [6.45, 7) is 2.22. The van der Waals surface area contributed by atoms with E-state index in [4.69, 9.17) is 9.15 Å². The second-order valence-electron chi connectivity index (χ2n) is 6.38. The Bertz CT molecular complexity index is 657. The summed E-state index contributed by atoms with van der Waals surface area (Å²) in [6.07, 6.45) is 5.00. The van der Waals surface area contributed by atoms with E-state index in [1.54, 1.807) is 17.0 Å². The van der Waals surface area contributed by atoms with Crippen LogP contribution in [-0.2, 0) is 14.8 Å². The first-order valence-electron chi connectivity index (χ1n) is 7.79. The molecular formula is C15H22N2O5S. The molecular weight excluding hydrogens is 320 g/mol. The number of ether oxygens (including phenoxy) is 1. The number of hydrogen-bond acceptors (Lipinski definition) is 5. The zero-order valence-electron chi connectivity index (χ0n) is 13.2. The van der Waals surface area contributed by atoms with E-state index < -0.39 is 10.0 Å². The fourth-order valence-electron chi connectivity index (χ4n) is 3.62. The smallest absolute Gasteiger partial charge is 0.289 e. The highest BCUT2D eigenvalue weighted by atomic mass is 32.2. The first-order valence-corrected chi connectivity index (χ1v) is 9.68. The van der Waals surface area contributed by atoms with Gasteiger partial charge in [-0.3, -0.25) is 4.79 Å². The minimum absolute atomic E-state index is 0.0875. The van der Waals surface area contributed by atoms with Gasteiger partial charge in [-0.15, -0.1) is 0 Å². The minimum Gasteiger partial charge on any atom is -0.459 e. The van der Waals surface area contributed by atoms with Gasteiger partial charge in [-0.1, -0.05) is 0 Å². The molecule has 0 aliphatic carbocycles. The van der Waals surface area contributed by atoms with E-state index in [0.717, 1.165) is 19.1 Å². The summed E-state index contributed by atoms with van der Waals surface area (Å²) in [5, 5.41) is 0. The molecule has 2 aliphatic rings. The van der Waals surface area contributed by atoms with Gasteiger partial charge in [-0.05, 0) is 31.4 Å². The van der Waals surface area contributed by atoms with E-state index in [0.29, 0.717) is 38.4 Å². The third-order valence-corrected chi connectivity index (χ3v) is 5.50. The molecule has 0 radical (unpaired) electrons. The molecule has 1 N–H and O–H groups in total. The average Bonchev–Trinajstić information content (AvgIpc) is 3.14. The number of carbonyl (C=O) groups is 1. The van der Waals surface area contributed by atoms with Crippen molar-refractivity contribution in [3.05, 3.63) is 24.2 Å². The van der Waals surface area contributed by atoms with E-state index in [9.17, 15) is 13.2 Å². The van der Waals surface area contributed by atoms with Crippen LogP contribution in [0, 0.1) is 5.41 Å². The van der Waals surface area contributed by atoms with Crippen LogP contribution in [0.4, 0.5) is 0 Å². The van der Waals surface area contributed by atoms with Crippen LogP contribution in [0.15, 0.2) is 22.8 Å². The van der Waals surface area contributed by atoms with Gasteiger partial charge in [0.2, 0.25) is 10.0 Å². The number of nitrogens with zero attached hydrogens (tertiary/aromatic N) is 1. The van der Waals surface area contributed by atoms with Gasteiger partial charge in [0.1, 0.15) is 0 Å². The van der Waals surface area contributed by atoms with Crippen molar-refractivity contribution in [1.29, 1.82) is 0 Å². The molecule has 7 nitrogen and oxygen atoms in total. The molecule has 128 valence electrons. The van der Waals surface area contributed by atoms with Gasteiger partial charge in [-0.25, -0.2) is 13.1 Å². The Morgan fingerprint density at radius 1 is 1.52 bits per heavy atom. The van der Waals surface area contributed by atoms with Crippen LogP contribution in [0.1, 0.15) is 29.8 Å². The molecule has 1 amide bonds. The molecule has 8 heteroatoms. The number of hydrogen-bond donors (Lipinski definition) is 1. The van der Waals surface area contributed by atoms with Crippen LogP contribution in [-0.4, -0.2) is 57.8 Å². The summed E-state index contributed by atoms with van der Waals surface area (Å²) >= 11 is 0. The fourth-order valence-corrected chi connectivity index (χ4v) is 4.10. The van der Waals surface area contributed by atoms with Gasteiger partial charge >= 0.3 is 0 Å². The normalized spacial score (nSPS) is 27.9. The highest BCUT2D eigenvalue weighted by molar-refractivity contribution is 7.88. The van der Waals surface area contributed by atoms with Gasteiger partial charge in [-0.2, -0.15) is 0 Å². The van der Waals surface area contributed by atoms with E-state index in [1.165, 1.54) is 6.26 Å². The van der Waals surface area contributed by atoms with Gasteiger partial charge in [0, 0.05) is 31.7 Å². The molecule has 2 aliphatic heterocycles. The molecule has 2 saturated heterocycles. The topological polar surface area (TPSA) is 88.9 Å². The Kier molecular flexibility index (Phi) is 4.48. The maximum absolute atomic E-state index is 12.5. The Hall–Kier alpha value is -1.38. The van der Waals surface area contributed by atoms with Crippen LogP contribution in [0.5, 0.6) is 0 Å². The quantitative estimate of drug-likeness (QED) is 0.856. The van der Waals surface area contributed by atoms with Crippen LogP contribution < -0.4 is 4.72 Å². The van der Waals surface area contributed by atoms with Crippen molar-refractivity contribution in [2.75, 3.05) is 32.5 Å². The zero-order valence-corrected chi connectivity index (χ0v) is 14.0. The number of amides is 1. The standard InChI is InChI=1S/C15H22N2O5S/c1-23(19,20)16-7-5-15-6-10-22-13(15)4-8-17(11-15)14(18)12-3-2-9-21-12/h2-3,9,13,16H,4-8,10-11H2,1H3/t13-,15+/m1/s1. The Morgan fingerprint density at radius 2 is 2.35 bits per heavy atom. The summed E-state index contributed by atoms with van der Waals surface area (Å²) in [7, 11) is -3.21. The second-order valence-corrected chi connectivity index (χ2v) is 8.21. The summed E-state index contributed by atoms with van der Waals surface area (Å²) in [4.78, 5) is 14.3. The minimum atomic E-state index is -3.21. The molecule has 0 aromatic carbocycles. The number of likely N-dealkylation sites (tertiary alicyclic amines) is 1. The largest absolute Gasteiger partial charge is 0.459 e. The average molecular weight is 342 g/mol. The van der Waals surface area contributed by atoms with E-state index in [1.807, 2.05) is 0 Å². The monoisotopic (exact) mass is 342 g/mol. The lowest BCUT2D eigenvalue weighted by Gasteiger charge is -2.43. The molecule has 0 spiro atoms. The van der Waals surface area contributed by atoms with Crippen LogP contribution in [0.3, 0.4) is 0 Å². The second kappa shape index (κ2) is 6.26. The van der Waals surface area contributed by atoms with E-state index in [2.05, 4.69) is 4.72 Å². The third kappa shape index (κ3) is 3.59. The van der Waals surface area contributed by atoms with E-state index in [-0.39, 0.29) is 17.4 Å². The van der Waals surface area contributed by atoms with Gasteiger partial charge < -0.3 is 14.1 Å². The molecule has 3 rings (SSSR count). The van der Waals surface area contributed by atoms with Gasteiger partial charge in [0.05, 0.1) is 18.6 Å². The van der Waals surface area contributed by atoms with Crippen molar-refractivity contribution in [3.63, 3.8) is 0 Å². The Balaban J connectivity index is 1.70. The number of carbonyl (C=O) groups excluding carboxylic acids is 1. The van der Waals surface area contributed by atoms with Crippen molar-refractivity contribution >= 4 is 15.9 Å². The van der Waals surface area contributed by atoms with Crippen molar-refractivity contribution in [3.8, 4) is 0 Å². The predicted molar refractivity (Wildman–Crippen MR) is 83.5 cm³/mol. The molecule has 1 aromatic heterocycles. The molecule has 0 bridgehead atoms. The van der Waals surface area contributed by atoms with Crippen LogP contribution in [0.2, 0.25) is 0 Å². The lowest BCUT2D eigenvalue weighted by molar-refractivity contribution is -0.0166. The molecule has 2 fully saturated rings. The first-order chi connectivity index (χ1) is 10.9. The van der Waals surface area contributed by atoms with Crippen LogP contribution >= 0.6 is 0 Å². The van der Waals surface area contributed by atoms with E-state index >= 15 is 0 Å². The maximum Gasteiger partial charge on any atom is 0.289 e. The number of fused-ring (bicyclic) bond motifs is 1. The number of rotatable bonds is 5. The summed E-state index contributed by atoms with van der Waals surface area (Å²) in [5.74, 6) is 0.225. The van der Waals surface area contributed by atoms with Gasteiger partial charge in [0.25, 0.3) is 5.91 Å². The molecule has 0 saturated carbocycles. The lowest BCUT2D eigenvalue weighted by Crippen LogP contribution is -2.52. The highest BCUT2D eigenvalue weighted by Gasteiger charge is 2.48. The fraction of sp³-hybridized carbons (Fsp3) is 0.667. The van der Waals surface area contributed by atoms with Crippen molar-refractivity contribution in [2.45, 2.75) is 25.4 Å².